The van der Waals surface area contributed by atoms with Gasteiger partial charge in [-0.2, -0.15) is 0 Å². The van der Waals surface area contributed by atoms with Gasteiger partial charge in [0, 0.05) is 13.0 Å². The first-order valence-corrected chi connectivity index (χ1v) is 21.3. The van der Waals surface area contributed by atoms with Crippen molar-refractivity contribution in [3.63, 3.8) is 0 Å². The molecule has 0 bridgehead atoms. The summed E-state index contributed by atoms with van der Waals surface area (Å²) in [7, 11) is -4.32. The fourth-order valence-electron chi connectivity index (χ4n) is 5.84. The van der Waals surface area contributed by atoms with Crippen LogP contribution in [0.1, 0.15) is 194 Å². The molecule has 0 aromatic carbocycles. The number of unbranched alkanes of at least 4 members (excludes halogenated alkanes) is 25. The number of phosphoric acid groups is 1. The Labute approximate surface area is 290 Å². The summed E-state index contributed by atoms with van der Waals surface area (Å²) < 4.78 is 22.0. The second-order valence-corrected chi connectivity index (χ2v) is 15.0. The number of rotatable bonds is 37. The summed E-state index contributed by atoms with van der Waals surface area (Å²) in [6.45, 7) is 4.12. The molecule has 0 rings (SSSR count). The largest absolute Gasteiger partial charge is 0.472 e. The van der Waals surface area contributed by atoms with Crippen LogP contribution in [0.5, 0.6) is 0 Å². The van der Waals surface area contributed by atoms with E-state index in [1.807, 2.05) is 6.08 Å². The molecule has 0 aromatic rings. The standard InChI is InChI=1S/C38H77N2O6P/c1-3-5-7-9-11-13-15-16-17-18-19-20-21-22-24-26-28-30-32-38(42)40-36(35-46-47(43,44)45-34-33-39)37(41)31-29-27-25-23-14-12-10-8-6-4-2/h29,31,36-37,41H,3-28,30,32-35,39H2,1-2H3,(H,40,42)(H,43,44)/b31-29+/t36-,37+/m0/s1. The lowest BCUT2D eigenvalue weighted by Gasteiger charge is -2.23. The number of allylic oxidation sites excluding steroid dienone is 1. The van der Waals surface area contributed by atoms with E-state index in [0.29, 0.717) is 6.42 Å². The second kappa shape index (κ2) is 35.1. The zero-order valence-corrected chi connectivity index (χ0v) is 31.7. The second-order valence-electron chi connectivity index (χ2n) is 13.5. The number of phosphoric ester groups is 1. The molecule has 5 N–H and O–H groups in total. The number of amides is 1. The summed E-state index contributed by atoms with van der Waals surface area (Å²) in [6.07, 6.45) is 36.9. The third-order valence-corrected chi connectivity index (χ3v) is 9.85. The Morgan fingerprint density at radius 1 is 0.681 bits per heavy atom. The lowest BCUT2D eigenvalue weighted by atomic mass is 10.0. The summed E-state index contributed by atoms with van der Waals surface area (Å²) in [5.41, 5.74) is 5.35. The van der Waals surface area contributed by atoms with Crippen LogP contribution in [0.25, 0.3) is 0 Å². The number of nitrogens with two attached hydrogens (primary N) is 1. The number of carbonyl (C=O) groups is 1. The van der Waals surface area contributed by atoms with E-state index < -0.39 is 20.0 Å². The molecular formula is C38H77N2O6P. The van der Waals surface area contributed by atoms with Crippen molar-refractivity contribution in [2.75, 3.05) is 19.8 Å². The Morgan fingerprint density at radius 3 is 1.51 bits per heavy atom. The van der Waals surface area contributed by atoms with Gasteiger partial charge in [-0.25, -0.2) is 4.57 Å². The van der Waals surface area contributed by atoms with Gasteiger partial charge in [0.1, 0.15) is 0 Å². The predicted molar refractivity (Wildman–Crippen MR) is 198 cm³/mol. The van der Waals surface area contributed by atoms with Gasteiger partial charge in [0.05, 0.1) is 25.4 Å². The van der Waals surface area contributed by atoms with E-state index in [1.165, 1.54) is 135 Å². The van der Waals surface area contributed by atoms with Crippen LogP contribution in [0.4, 0.5) is 0 Å². The summed E-state index contributed by atoms with van der Waals surface area (Å²) >= 11 is 0. The minimum absolute atomic E-state index is 0.0809. The van der Waals surface area contributed by atoms with E-state index in [2.05, 4.69) is 19.2 Å². The SMILES string of the molecule is CCCCCCCCCC/C=C/[C@@H](O)[C@H](COP(=O)(O)OCCN)NC(=O)CCCCCCCCCCCCCCCCCCCC. The molecule has 0 aliphatic rings. The van der Waals surface area contributed by atoms with Crippen LogP contribution in [-0.4, -0.2) is 47.8 Å². The first-order chi connectivity index (χ1) is 22.9. The smallest absolute Gasteiger partial charge is 0.387 e. The summed E-state index contributed by atoms with van der Waals surface area (Å²) in [6, 6.07) is -0.852. The van der Waals surface area contributed by atoms with Crippen molar-refractivity contribution < 1.29 is 28.4 Å². The topological polar surface area (TPSA) is 131 Å². The highest BCUT2D eigenvalue weighted by Crippen LogP contribution is 2.43. The molecule has 1 amide bonds. The minimum atomic E-state index is -4.32. The van der Waals surface area contributed by atoms with Crippen molar-refractivity contribution in [2.24, 2.45) is 5.73 Å². The number of aliphatic hydroxyl groups is 1. The van der Waals surface area contributed by atoms with Gasteiger partial charge in [-0.3, -0.25) is 13.8 Å². The summed E-state index contributed by atoms with van der Waals surface area (Å²) in [4.78, 5) is 22.6. The summed E-state index contributed by atoms with van der Waals surface area (Å²) in [5.74, 6) is -0.193. The Hall–Kier alpha value is -0.760. The van der Waals surface area contributed by atoms with Crippen LogP contribution >= 0.6 is 7.82 Å². The van der Waals surface area contributed by atoms with Crippen LogP contribution in [-0.2, 0) is 18.4 Å². The zero-order chi connectivity index (χ0) is 34.7. The highest BCUT2D eigenvalue weighted by atomic mass is 31.2. The lowest BCUT2D eigenvalue weighted by molar-refractivity contribution is -0.123. The van der Waals surface area contributed by atoms with Gasteiger partial charge < -0.3 is 21.1 Å². The van der Waals surface area contributed by atoms with Crippen molar-refractivity contribution in [1.82, 2.24) is 5.32 Å². The molecular weight excluding hydrogens is 611 g/mol. The maximum atomic E-state index is 12.7. The van der Waals surface area contributed by atoms with Crippen LogP contribution < -0.4 is 11.1 Å². The zero-order valence-electron chi connectivity index (χ0n) is 30.8. The molecule has 3 atom stereocenters. The van der Waals surface area contributed by atoms with Crippen LogP contribution in [0.15, 0.2) is 12.2 Å². The molecule has 8 nitrogen and oxygen atoms in total. The third-order valence-electron chi connectivity index (χ3n) is 8.86. The quantitative estimate of drug-likeness (QED) is 0.0290. The van der Waals surface area contributed by atoms with E-state index in [-0.39, 0.29) is 25.7 Å². The van der Waals surface area contributed by atoms with Crippen molar-refractivity contribution in [2.45, 2.75) is 206 Å². The van der Waals surface area contributed by atoms with Gasteiger partial charge in [-0.05, 0) is 19.3 Å². The minimum Gasteiger partial charge on any atom is -0.387 e. The maximum Gasteiger partial charge on any atom is 0.472 e. The number of carbonyl (C=O) groups excluding carboxylic acids is 1. The molecule has 0 saturated heterocycles. The molecule has 1 unspecified atom stereocenters. The monoisotopic (exact) mass is 689 g/mol. The Bertz CT molecular complexity index is 754. The average Bonchev–Trinajstić information content (AvgIpc) is 3.05. The van der Waals surface area contributed by atoms with Gasteiger partial charge >= 0.3 is 7.82 Å². The highest BCUT2D eigenvalue weighted by Gasteiger charge is 2.26. The van der Waals surface area contributed by atoms with Crippen molar-refractivity contribution in [1.29, 1.82) is 0 Å². The van der Waals surface area contributed by atoms with Gasteiger partial charge in [-0.15, -0.1) is 0 Å². The molecule has 9 heteroatoms. The number of aliphatic hydroxyl groups excluding tert-OH is 1. The van der Waals surface area contributed by atoms with E-state index >= 15 is 0 Å². The molecule has 0 saturated carbocycles. The Kier molecular flexibility index (Phi) is 34.5. The molecule has 0 aliphatic carbocycles. The molecule has 0 aliphatic heterocycles. The molecule has 0 heterocycles. The van der Waals surface area contributed by atoms with Gasteiger partial charge in [-0.1, -0.05) is 180 Å². The Morgan fingerprint density at radius 2 is 1.09 bits per heavy atom. The predicted octanol–water partition coefficient (Wildman–Crippen LogP) is 10.4. The highest BCUT2D eigenvalue weighted by molar-refractivity contribution is 7.47. The molecule has 0 fully saturated rings. The number of hydrogen-bond donors (Lipinski definition) is 4. The van der Waals surface area contributed by atoms with E-state index in [0.717, 1.165) is 38.5 Å². The van der Waals surface area contributed by atoms with E-state index in [9.17, 15) is 19.4 Å². The normalized spacial score (nSPS) is 14.4. The lowest BCUT2D eigenvalue weighted by Crippen LogP contribution is -2.45. The summed E-state index contributed by atoms with van der Waals surface area (Å²) in [5, 5.41) is 13.6. The first kappa shape index (κ1) is 46.2. The van der Waals surface area contributed by atoms with Crippen LogP contribution in [0, 0.1) is 0 Å². The number of nitrogens with one attached hydrogen (secondary N) is 1. The fraction of sp³-hybridized carbons (Fsp3) is 0.921. The van der Waals surface area contributed by atoms with Gasteiger partial charge in [0.2, 0.25) is 5.91 Å². The molecule has 47 heavy (non-hydrogen) atoms. The molecule has 280 valence electrons. The van der Waals surface area contributed by atoms with Crippen molar-refractivity contribution >= 4 is 13.7 Å². The first-order valence-electron chi connectivity index (χ1n) is 19.8. The molecule has 0 aromatic heterocycles. The van der Waals surface area contributed by atoms with E-state index in [1.54, 1.807) is 6.08 Å². The third kappa shape index (κ3) is 33.5. The molecule has 0 spiro atoms. The van der Waals surface area contributed by atoms with E-state index in [4.69, 9.17) is 14.8 Å². The Balaban J connectivity index is 4.16. The molecule has 0 radical (unpaired) electrons. The average molecular weight is 689 g/mol. The maximum absolute atomic E-state index is 12.7. The van der Waals surface area contributed by atoms with Crippen molar-refractivity contribution in [3.8, 4) is 0 Å². The van der Waals surface area contributed by atoms with Crippen LogP contribution in [0.3, 0.4) is 0 Å². The van der Waals surface area contributed by atoms with Gasteiger partial charge in [0.15, 0.2) is 0 Å². The van der Waals surface area contributed by atoms with Crippen LogP contribution in [0.2, 0.25) is 0 Å². The van der Waals surface area contributed by atoms with Crippen molar-refractivity contribution in [3.05, 3.63) is 12.2 Å². The van der Waals surface area contributed by atoms with Gasteiger partial charge in [0.25, 0.3) is 0 Å². The fourth-order valence-corrected chi connectivity index (χ4v) is 6.60. The number of hydrogen-bond acceptors (Lipinski definition) is 6.